The monoisotopic (exact) mass is 342 g/mol. The molecule has 0 saturated carbocycles. The van der Waals surface area contributed by atoms with Crippen LogP contribution in [-0.4, -0.2) is 27.0 Å². The molecular formula is C13H14N2O5S2. The van der Waals surface area contributed by atoms with Crippen LogP contribution < -0.4 is 9.46 Å². The Balaban J connectivity index is 2.19. The number of thiophene rings is 1. The van der Waals surface area contributed by atoms with E-state index in [1.807, 2.05) is 17.5 Å². The van der Waals surface area contributed by atoms with Gasteiger partial charge in [0.15, 0.2) is 4.90 Å². The molecule has 0 unspecified atom stereocenters. The highest BCUT2D eigenvalue weighted by Gasteiger charge is 2.26. The van der Waals surface area contributed by atoms with Crippen LogP contribution in [-0.2, 0) is 16.4 Å². The molecule has 0 radical (unpaired) electrons. The number of rotatable bonds is 7. The largest absolute Gasteiger partial charge is 0.497 e. The zero-order chi connectivity index (χ0) is 16.2. The van der Waals surface area contributed by atoms with Crippen LogP contribution in [0.2, 0.25) is 0 Å². The lowest BCUT2D eigenvalue weighted by atomic mass is 10.3. The van der Waals surface area contributed by atoms with E-state index in [0.29, 0.717) is 6.42 Å². The Bertz CT molecular complexity index is 757. The number of nitro benzene ring substituents is 1. The first-order chi connectivity index (χ1) is 10.4. The fourth-order valence-electron chi connectivity index (χ4n) is 1.84. The standard InChI is InChI=1S/C13H14N2O5S2/c1-20-10-4-5-13(12(9-10)15(16)17)22(18,19)14-7-6-11-3-2-8-21-11/h2-5,8-9,14H,6-7H2,1H3. The van der Waals surface area contributed by atoms with Crippen molar-refractivity contribution in [2.24, 2.45) is 0 Å². The van der Waals surface area contributed by atoms with Crippen molar-refractivity contribution in [2.75, 3.05) is 13.7 Å². The number of ether oxygens (including phenoxy) is 1. The Labute approximate surface area is 131 Å². The molecule has 2 rings (SSSR count). The van der Waals surface area contributed by atoms with E-state index in [4.69, 9.17) is 4.74 Å². The Morgan fingerprint density at radius 3 is 2.73 bits per heavy atom. The van der Waals surface area contributed by atoms with Crippen LogP contribution in [0.5, 0.6) is 5.75 Å². The van der Waals surface area contributed by atoms with Gasteiger partial charge < -0.3 is 4.74 Å². The molecule has 1 N–H and O–H groups in total. The zero-order valence-corrected chi connectivity index (χ0v) is 13.3. The Morgan fingerprint density at radius 1 is 1.36 bits per heavy atom. The predicted octanol–water partition coefficient (Wildman–Crippen LogP) is 2.19. The number of nitrogens with zero attached hydrogens (tertiary/aromatic N) is 1. The van der Waals surface area contributed by atoms with Gasteiger partial charge in [-0.25, -0.2) is 13.1 Å². The molecule has 0 aliphatic rings. The van der Waals surface area contributed by atoms with E-state index in [0.717, 1.165) is 10.9 Å². The molecule has 0 amide bonds. The number of nitrogens with one attached hydrogen (secondary N) is 1. The number of nitro groups is 1. The van der Waals surface area contributed by atoms with Gasteiger partial charge in [0.2, 0.25) is 10.0 Å². The van der Waals surface area contributed by atoms with Crippen molar-refractivity contribution in [2.45, 2.75) is 11.3 Å². The van der Waals surface area contributed by atoms with Gasteiger partial charge in [-0.3, -0.25) is 10.1 Å². The Kier molecular flexibility index (Phi) is 5.11. The number of hydrogen-bond acceptors (Lipinski definition) is 6. The van der Waals surface area contributed by atoms with Crippen molar-refractivity contribution in [1.82, 2.24) is 4.72 Å². The third kappa shape index (κ3) is 3.81. The molecule has 22 heavy (non-hydrogen) atoms. The van der Waals surface area contributed by atoms with Gasteiger partial charge in [-0.2, -0.15) is 0 Å². The van der Waals surface area contributed by atoms with Crippen LogP contribution in [0.3, 0.4) is 0 Å². The van der Waals surface area contributed by atoms with Crippen LogP contribution in [0.1, 0.15) is 4.88 Å². The molecule has 7 nitrogen and oxygen atoms in total. The molecule has 0 fully saturated rings. The lowest BCUT2D eigenvalue weighted by Gasteiger charge is -2.08. The minimum Gasteiger partial charge on any atom is -0.497 e. The fraction of sp³-hybridized carbons (Fsp3) is 0.231. The number of sulfonamides is 1. The van der Waals surface area contributed by atoms with Gasteiger partial charge in [-0.15, -0.1) is 11.3 Å². The summed E-state index contributed by atoms with van der Waals surface area (Å²) in [5.41, 5.74) is -0.511. The van der Waals surface area contributed by atoms with Crippen LogP contribution in [0, 0.1) is 10.1 Å². The first-order valence-electron chi connectivity index (χ1n) is 6.28. The van der Waals surface area contributed by atoms with E-state index in [1.54, 1.807) is 0 Å². The van der Waals surface area contributed by atoms with Crippen molar-refractivity contribution < 1.29 is 18.1 Å². The molecule has 9 heteroatoms. The van der Waals surface area contributed by atoms with Gasteiger partial charge in [0.1, 0.15) is 5.75 Å². The minimum atomic E-state index is -3.96. The average Bonchev–Trinajstić information content (AvgIpc) is 2.99. The van der Waals surface area contributed by atoms with Gasteiger partial charge in [0, 0.05) is 11.4 Å². The van der Waals surface area contributed by atoms with Gasteiger partial charge in [0.25, 0.3) is 5.69 Å². The van der Waals surface area contributed by atoms with Crippen molar-refractivity contribution in [3.05, 3.63) is 50.7 Å². The summed E-state index contributed by atoms with van der Waals surface area (Å²) in [6, 6.07) is 7.41. The third-order valence-electron chi connectivity index (χ3n) is 2.90. The summed E-state index contributed by atoms with van der Waals surface area (Å²) < 4.78 is 31.7. The van der Waals surface area contributed by atoms with E-state index in [1.165, 1.54) is 30.6 Å². The quantitative estimate of drug-likeness (QED) is 0.614. The highest BCUT2D eigenvalue weighted by molar-refractivity contribution is 7.89. The lowest BCUT2D eigenvalue weighted by Crippen LogP contribution is -2.26. The molecular weight excluding hydrogens is 328 g/mol. The predicted molar refractivity (Wildman–Crippen MR) is 82.9 cm³/mol. The van der Waals surface area contributed by atoms with Gasteiger partial charge in [-0.05, 0) is 30.0 Å². The molecule has 0 bridgehead atoms. The summed E-state index contributed by atoms with van der Waals surface area (Å²) in [4.78, 5) is 11.0. The van der Waals surface area contributed by atoms with Gasteiger partial charge in [0.05, 0.1) is 18.1 Å². The van der Waals surface area contributed by atoms with E-state index in [9.17, 15) is 18.5 Å². The Hall–Kier alpha value is -1.97. The van der Waals surface area contributed by atoms with Crippen LogP contribution in [0.15, 0.2) is 40.6 Å². The highest BCUT2D eigenvalue weighted by atomic mass is 32.2. The maximum Gasteiger partial charge on any atom is 0.293 e. The number of hydrogen-bond donors (Lipinski definition) is 1. The molecule has 118 valence electrons. The van der Waals surface area contributed by atoms with E-state index < -0.39 is 20.6 Å². The van der Waals surface area contributed by atoms with Crippen molar-refractivity contribution in [1.29, 1.82) is 0 Å². The third-order valence-corrected chi connectivity index (χ3v) is 5.34. The van der Waals surface area contributed by atoms with Crippen molar-refractivity contribution in [3.8, 4) is 5.75 Å². The summed E-state index contributed by atoms with van der Waals surface area (Å²) in [7, 11) is -2.60. The molecule has 1 aromatic heterocycles. The zero-order valence-electron chi connectivity index (χ0n) is 11.7. The summed E-state index contributed by atoms with van der Waals surface area (Å²) in [6.45, 7) is 0.173. The lowest BCUT2D eigenvalue weighted by molar-refractivity contribution is -0.387. The number of benzene rings is 1. The first-order valence-corrected chi connectivity index (χ1v) is 8.65. The molecule has 1 aromatic carbocycles. The van der Waals surface area contributed by atoms with E-state index in [2.05, 4.69) is 4.72 Å². The van der Waals surface area contributed by atoms with Crippen molar-refractivity contribution in [3.63, 3.8) is 0 Å². The number of methoxy groups -OCH3 is 1. The minimum absolute atomic E-state index is 0.173. The molecule has 0 aliphatic heterocycles. The van der Waals surface area contributed by atoms with E-state index >= 15 is 0 Å². The van der Waals surface area contributed by atoms with Crippen molar-refractivity contribution >= 4 is 27.0 Å². The summed E-state index contributed by atoms with van der Waals surface area (Å²) in [5, 5.41) is 13.0. The molecule has 0 spiro atoms. The SMILES string of the molecule is COc1ccc(S(=O)(=O)NCCc2cccs2)c([N+](=O)[O-])c1. The van der Waals surface area contributed by atoms with Crippen LogP contribution in [0.25, 0.3) is 0 Å². The maximum atomic E-state index is 12.2. The van der Waals surface area contributed by atoms with Crippen LogP contribution >= 0.6 is 11.3 Å². The van der Waals surface area contributed by atoms with Gasteiger partial charge in [-0.1, -0.05) is 6.07 Å². The maximum absolute atomic E-state index is 12.2. The molecule has 2 aromatic rings. The topological polar surface area (TPSA) is 98.5 Å². The molecule has 0 saturated heterocycles. The Morgan fingerprint density at radius 2 is 2.14 bits per heavy atom. The molecule has 0 atom stereocenters. The summed E-state index contributed by atoms with van der Waals surface area (Å²) >= 11 is 1.52. The summed E-state index contributed by atoms with van der Waals surface area (Å²) in [5.74, 6) is 0.226. The fourth-order valence-corrected chi connectivity index (χ4v) is 3.73. The second kappa shape index (κ2) is 6.86. The van der Waals surface area contributed by atoms with Crippen LogP contribution in [0.4, 0.5) is 5.69 Å². The highest BCUT2D eigenvalue weighted by Crippen LogP contribution is 2.28. The second-order valence-electron chi connectivity index (χ2n) is 4.32. The normalized spacial score (nSPS) is 11.3. The first kappa shape index (κ1) is 16.4. The molecule has 1 heterocycles. The van der Waals surface area contributed by atoms with E-state index in [-0.39, 0.29) is 17.2 Å². The summed E-state index contributed by atoms with van der Waals surface area (Å²) in [6.07, 6.45) is 0.529. The van der Waals surface area contributed by atoms with Gasteiger partial charge >= 0.3 is 0 Å². The smallest absolute Gasteiger partial charge is 0.293 e. The second-order valence-corrected chi connectivity index (χ2v) is 7.09. The average molecular weight is 342 g/mol. The molecule has 0 aliphatic carbocycles.